The summed E-state index contributed by atoms with van der Waals surface area (Å²) in [4.78, 5) is 26.6. The Labute approximate surface area is 217 Å². The highest BCUT2D eigenvalue weighted by Gasteiger charge is 2.34. The number of hydrogen-bond donors (Lipinski definition) is 2. The van der Waals surface area contributed by atoms with Crippen LogP contribution < -0.4 is 15.4 Å². The molecule has 6 nitrogen and oxygen atoms in total. The number of methoxy groups -OCH3 is 1. The van der Waals surface area contributed by atoms with E-state index in [2.05, 4.69) is 45.3 Å². The lowest BCUT2D eigenvalue weighted by Gasteiger charge is -2.33. The van der Waals surface area contributed by atoms with Gasteiger partial charge >= 0.3 is 5.97 Å². The highest BCUT2D eigenvalue weighted by atomic mass is 32.1. The van der Waals surface area contributed by atoms with Crippen LogP contribution in [0, 0.1) is 17.3 Å². The summed E-state index contributed by atoms with van der Waals surface area (Å²) in [6, 6.07) is 7.03. The van der Waals surface area contributed by atoms with Crippen LogP contribution in [0.1, 0.15) is 78.6 Å². The largest absolute Gasteiger partial charge is 0.494 e. The van der Waals surface area contributed by atoms with Gasteiger partial charge in [-0.3, -0.25) is 10.1 Å². The molecule has 190 valence electrons. The van der Waals surface area contributed by atoms with Crippen molar-refractivity contribution in [1.29, 1.82) is 0 Å². The highest BCUT2D eigenvalue weighted by molar-refractivity contribution is 7.80. The van der Waals surface area contributed by atoms with Crippen molar-refractivity contribution in [1.82, 2.24) is 5.32 Å². The fraction of sp³-hybridized carbons (Fsp3) is 0.519. The Morgan fingerprint density at radius 3 is 2.66 bits per heavy atom. The van der Waals surface area contributed by atoms with Crippen LogP contribution in [-0.4, -0.2) is 30.7 Å². The monoisotopic (exact) mass is 516 g/mol. The number of carbonyl (C=O) groups is 2. The maximum atomic E-state index is 12.8. The third-order valence-corrected chi connectivity index (χ3v) is 7.77. The maximum absolute atomic E-state index is 12.8. The fourth-order valence-electron chi connectivity index (χ4n) is 4.18. The molecule has 0 spiro atoms. The predicted octanol–water partition coefficient (Wildman–Crippen LogP) is 6.24. The molecule has 0 fully saturated rings. The molecule has 1 heterocycles. The molecule has 1 aliphatic carbocycles. The molecular formula is C27H36N2O4S2. The summed E-state index contributed by atoms with van der Waals surface area (Å²) in [7, 11) is 1.38. The third kappa shape index (κ3) is 7.04. The predicted molar refractivity (Wildman–Crippen MR) is 146 cm³/mol. The van der Waals surface area contributed by atoms with E-state index in [1.54, 1.807) is 18.2 Å². The molecule has 1 amide bonds. The van der Waals surface area contributed by atoms with Gasteiger partial charge in [-0.25, -0.2) is 4.79 Å². The van der Waals surface area contributed by atoms with Crippen molar-refractivity contribution < 1.29 is 19.1 Å². The van der Waals surface area contributed by atoms with Crippen LogP contribution in [0.3, 0.4) is 0 Å². The van der Waals surface area contributed by atoms with Gasteiger partial charge < -0.3 is 14.8 Å². The maximum Gasteiger partial charge on any atom is 0.341 e. The van der Waals surface area contributed by atoms with Crippen LogP contribution in [0.4, 0.5) is 5.00 Å². The summed E-state index contributed by atoms with van der Waals surface area (Å²) in [6.45, 7) is 11.6. The molecule has 1 unspecified atom stereocenters. The Bertz CT molecular complexity index is 1090. The summed E-state index contributed by atoms with van der Waals surface area (Å²) in [6.07, 6.45) is 3.70. The van der Waals surface area contributed by atoms with Crippen molar-refractivity contribution >= 4 is 45.5 Å². The number of ether oxygens (including phenoxy) is 2. The summed E-state index contributed by atoms with van der Waals surface area (Å²) in [5.41, 5.74) is 2.20. The van der Waals surface area contributed by atoms with E-state index in [1.807, 2.05) is 6.07 Å². The normalized spacial score (nSPS) is 15.3. The molecule has 1 aromatic carbocycles. The van der Waals surface area contributed by atoms with Crippen molar-refractivity contribution in [3.05, 3.63) is 45.8 Å². The number of esters is 1. The lowest BCUT2D eigenvalue weighted by Crippen LogP contribution is -2.34. The molecule has 0 aliphatic heterocycles. The first kappa shape index (κ1) is 27.1. The number of rotatable bonds is 7. The number of amides is 1. The van der Waals surface area contributed by atoms with Crippen molar-refractivity contribution in [3.8, 4) is 5.75 Å². The molecule has 8 heteroatoms. The minimum atomic E-state index is -0.389. The van der Waals surface area contributed by atoms with E-state index < -0.39 is 0 Å². The van der Waals surface area contributed by atoms with Crippen molar-refractivity contribution in [3.63, 3.8) is 0 Å². The van der Waals surface area contributed by atoms with Crippen molar-refractivity contribution in [2.24, 2.45) is 17.3 Å². The highest BCUT2D eigenvalue weighted by Crippen LogP contribution is 2.44. The van der Waals surface area contributed by atoms with Crippen LogP contribution >= 0.6 is 23.6 Å². The van der Waals surface area contributed by atoms with Crippen LogP contribution in [-0.2, 0) is 17.6 Å². The summed E-state index contributed by atoms with van der Waals surface area (Å²) in [5, 5.41) is 6.56. The first-order valence-electron chi connectivity index (χ1n) is 12.1. The molecule has 0 radical (unpaired) electrons. The lowest BCUT2D eigenvalue weighted by atomic mass is 9.72. The minimum absolute atomic E-state index is 0.136. The lowest BCUT2D eigenvalue weighted by molar-refractivity contribution is 0.0600. The quantitative estimate of drug-likeness (QED) is 0.335. The van der Waals surface area contributed by atoms with Crippen molar-refractivity contribution in [2.45, 2.75) is 60.3 Å². The second kappa shape index (κ2) is 11.5. The molecule has 35 heavy (non-hydrogen) atoms. The number of hydrogen-bond acceptors (Lipinski definition) is 6. The standard InChI is InChI=1S/C27H36N2O4S2/c1-16(2)12-13-33-19-9-7-8-17(14-19)23(30)28-26(34)29-24-22(25(31)32-6)20-11-10-18(27(3,4)5)15-21(20)35-24/h7-9,14,16,18H,10-13,15H2,1-6H3,(H2,28,29,30,34). The molecule has 1 aromatic heterocycles. The molecule has 0 saturated heterocycles. The smallest absolute Gasteiger partial charge is 0.341 e. The van der Waals surface area contributed by atoms with Crippen LogP contribution in [0.25, 0.3) is 0 Å². The summed E-state index contributed by atoms with van der Waals surface area (Å²) < 4.78 is 10.8. The van der Waals surface area contributed by atoms with Gasteiger partial charge in [0.15, 0.2) is 5.11 Å². The van der Waals surface area contributed by atoms with E-state index >= 15 is 0 Å². The topological polar surface area (TPSA) is 76.7 Å². The Morgan fingerprint density at radius 2 is 2.00 bits per heavy atom. The summed E-state index contributed by atoms with van der Waals surface area (Å²) >= 11 is 6.95. The number of thiophene rings is 1. The number of thiocarbonyl (C=S) groups is 1. The number of carbonyl (C=O) groups excluding carboxylic acids is 2. The molecule has 3 rings (SSSR count). The Morgan fingerprint density at radius 1 is 1.26 bits per heavy atom. The number of anilines is 1. The van der Waals surface area contributed by atoms with E-state index in [4.69, 9.17) is 21.7 Å². The molecule has 2 N–H and O–H groups in total. The van der Waals surface area contributed by atoms with E-state index in [-0.39, 0.29) is 22.4 Å². The Hall–Kier alpha value is -2.45. The van der Waals surface area contributed by atoms with Gasteiger partial charge in [0, 0.05) is 10.4 Å². The van der Waals surface area contributed by atoms with Gasteiger partial charge in [0.2, 0.25) is 0 Å². The Balaban J connectivity index is 1.72. The van der Waals surface area contributed by atoms with Gasteiger partial charge in [-0.05, 0) is 78.9 Å². The Kier molecular flexibility index (Phi) is 8.94. The van der Waals surface area contributed by atoms with Gasteiger partial charge in [-0.15, -0.1) is 11.3 Å². The van der Waals surface area contributed by atoms with E-state index in [0.717, 1.165) is 31.2 Å². The second-order valence-corrected chi connectivity index (χ2v) is 12.0. The van der Waals surface area contributed by atoms with E-state index in [0.29, 0.717) is 40.3 Å². The van der Waals surface area contributed by atoms with Gasteiger partial charge in [0.1, 0.15) is 10.8 Å². The summed E-state index contributed by atoms with van der Waals surface area (Å²) in [5.74, 6) is 0.991. The van der Waals surface area contributed by atoms with Gasteiger partial charge in [-0.2, -0.15) is 0 Å². The number of benzene rings is 1. The zero-order valence-corrected chi connectivity index (χ0v) is 23.1. The van der Waals surface area contributed by atoms with Crippen molar-refractivity contribution in [2.75, 3.05) is 19.0 Å². The molecule has 2 aromatic rings. The van der Waals surface area contributed by atoms with Crippen LogP contribution in [0.15, 0.2) is 24.3 Å². The van der Waals surface area contributed by atoms with E-state index in [9.17, 15) is 9.59 Å². The van der Waals surface area contributed by atoms with Crippen LogP contribution in [0.5, 0.6) is 5.75 Å². The molecule has 0 saturated carbocycles. The first-order chi connectivity index (χ1) is 16.5. The zero-order chi connectivity index (χ0) is 25.8. The third-order valence-electron chi connectivity index (χ3n) is 6.39. The van der Waals surface area contributed by atoms with Crippen LogP contribution in [0.2, 0.25) is 0 Å². The van der Waals surface area contributed by atoms with Gasteiger partial charge in [-0.1, -0.05) is 40.7 Å². The SMILES string of the molecule is COC(=O)c1c(NC(=S)NC(=O)c2cccc(OCCC(C)C)c2)sc2c1CCC(C(C)(C)C)C2. The van der Waals surface area contributed by atoms with E-state index in [1.165, 1.54) is 23.3 Å². The number of fused-ring (bicyclic) bond motifs is 1. The fourth-order valence-corrected chi connectivity index (χ4v) is 5.76. The first-order valence-corrected chi connectivity index (χ1v) is 13.3. The molecule has 0 bridgehead atoms. The molecule has 1 aliphatic rings. The second-order valence-electron chi connectivity index (χ2n) is 10.5. The molecular weight excluding hydrogens is 480 g/mol. The molecule has 1 atom stereocenters. The zero-order valence-electron chi connectivity index (χ0n) is 21.4. The van der Waals surface area contributed by atoms with Gasteiger partial charge in [0.25, 0.3) is 5.91 Å². The average Bonchev–Trinajstić information content (AvgIpc) is 3.14. The average molecular weight is 517 g/mol. The number of nitrogens with one attached hydrogen (secondary N) is 2. The van der Waals surface area contributed by atoms with Gasteiger partial charge in [0.05, 0.1) is 19.3 Å². The minimum Gasteiger partial charge on any atom is -0.494 e.